The standard InChI is InChI=1S/C15H10N4/c1-3-10-4-6-14-12(8-10)13-9-11(17-18-16)5-7-15(13)19(14)2/h1,4-9H,2H3. The van der Waals surface area contributed by atoms with E-state index in [0.717, 1.165) is 27.4 Å². The highest BCUT2D eigenvalue weighted by Crippen LogP contribution is 2.31. The third-order valence-corrected chi connectivity index (χ3v) is 3.32. The van der Waals surface area contributed by atoms with Crippen LogP contribution >= 0.6 is 0 Å². The molecule has 0 radical (unpaired) electrons. The lowest BCUT2D eigenvalue weighted by atomic mass is 10.1. The lowest BCUT2D eigenvalue weighted by Gasteiger charge is -1.97. The predicted octanol–water partition coefficient (Wildman–Crippen LogP) is 4.25. The van der Waals surface area contributed by atoms with Gasteiger partial charge in [-0.1, -0.05) is 17.1 Å². The molecule has 2 aromatic carbocycles. The molecule has 3 rings (SSSR count). The van der Waals surface area contributed by atoms with Crippen LogP contribution in [0.5, 0.6) is 0 Å². The van der Waals surface area contributed by atoms with Crippen LogP contribution in [-0.2, 0) is 7.05 Å². The lowest BCUT2D eigenvalue weighted by Crippen LogP contribution is -1.85. The Morgan fingerprint density at radius 2 is 1.84 bits per heavy atom. The summed E-state index contributed by atoms with van der Waals surface area (Å²) in [7, 11) is 2.01. The average Bonchev–Trinajstić information content (AvgIpc) is 2.72. The number of rotatable bonds is 1. The van der Waals surface area contributed by atoms with Crippen LogP contribution in [0.1, 0.15) is 5.56 Å². The van der Waals surface area contributed by atoms with Crippen LogP contribution in [0, 0.1) is 12.3 Å². The van der Waals surface area contributed by atoms with Crippen LogP contribution in [-0.4, -0.2) is 4.57 Å². The maximum absolute atomic E-state index is 8.52. The zero-order valence-electron chi connectivity index (χ0n) is 10.3. The van der Waals surface area contributed by atoms with Gasteiger partial charge in [0.25, 0.3) is 0 Å². The maximum Gasteiger partial charge on any atom is 0.0489 e. The van der Waals surface area contributed by atoms with Gasteiger partial charge in [0.15, 0.2) is 0 Å². The first-order chi connectivity index (χ1) is 9.24. The fourth-order valence-corrected chi connectivity index (χ4v) is 2.41. The van der Waals surface area contributed by atoms with Gasteiger partial charge in [0.05, 0.1) is 0 Å². The Labute approximate surface area is 109 Å². The van der Waals surface area contributed by atoms with E-state index in [9.17, 15) is 0 Å². The molecular weight excluding hydrogens is 236 g/mol. The SMILES string of the molecule is C#Cc1ccc2c(c1)c1cc(N=[N+]=[N-])ccc1n2C. The smallest absolute Gasteiger partial charge is 0.0489 e. The molecule has 90 valence electrons. The number of terminal acetylenes is 1. The van der Waals surface area contributed by atoms with Crippen LogP contribution in [0.25, 0.3) is 32.2 Å². The van der Waals surface area contributed by atoms with Gasteiger partial charge in [-0.2, -0.15) is 0 Å². The first kappa shape index (κ1) is 11.2. The Morgan fingerprint density at radius 1 is 1.16 bits per heavy atom. The number of aryl methyl sites for hydroxylation is 1. The molecule has 0 saturated carbocycles. The zero-order chi connectivity index (χ0) is 13.4. The third kappa shape index (κ3) is 1.61. The summed E-state index contributed by atoms with van der Waals surface area (Å²) in [5, 5.41) is 5.76. The van der Waals surface area contributed by atoms with Crippen molar-refractivity contribution in [2.75, 3.05) is 0 Å². The summed E-state index contributed by atoms with van der Waals surface area (Å²) in [6, 6.07) is 11.6. The van der Waals surface area contributed by atoms with Crippen molar-refractivity contribution in [1.29, 1.82) is 0 Å². The minimum absolute atomic E-state index is 0.605. The van der Waals surface area contributed by atoms with Gasteiger partial charge in [0.1, 0.15) is 0 Å². The molecule has 0 N–H and O–H groups in total. The highest BCUT2D eigenvalue weighted by molar-refractivity contribution is 6.09. The van der Waals surface area contributed by atoms with Crippen molar-refractivity contribution >= 4 is 27.5 Å². The molecule has 19 heavy (non-hydrogen) atoms. The molecule has 4 nitrogen and oxygen atoms in total. The van der Waals surface area contributed by atoms with Crippen LogP contribution in [0.2, 0.25) is 0 Å². The molecule has 0 aliphatic carbocycles. The van der Waals surface area contributed by atoms with Gasteiger partial charge in [0, 0.05) is 45.0 Å². The highest BCUT2D eigenvalue weighted by atomic mass is 15.1. The molecule has 0 atom stereocenters. The second kappa shape index (κ2) is 4.09. The molecule has 4 heteroatoms. The number of benzene rings is 2. The summed E-state index contributed by atoms with van der Waals surface area (Å²) in [5.74, 6) is 2.64. The van der Waals surface area contributed by atoms with Crippen LogP contribution in [0.15, 0.2) is 41.5 Å². The minimum atomic E-state index is 0.605. The number of nitrogens with zero attached hydrogens (tertiary/aromatic N) is 4. The van der Waals surface area contributed by atoms with Gasteiger partial charge in [-0.3, -0.25) is 0 Å². The minimum Gasteiger partial charge on any atom is -0.344 e. The van der Waals surface area contributed by atoms with E-state index in [1.807, 2.05) is 43.4 Å². The zero-order valence-corrected chi connectivity index (χ0v) is 10.3. The topological polar surface area (TPSA) is 53.7 Å². The van der Waals surface area contributed by atoms with E-state index in [0.29, 0.717) is 5.69 Å². The Morgan fingerprint density at radius 3 is 2.53 bits per heavy atom. The molecular formula is C15H10N4. The van der Waals surface area contributed by atoms with E-state index in [2.05, 4.69) is 20.5 Å². The van der Waals surface area contributed by atoms with Crippen molar-refractivity contribution in [1.82, 2.24) is 4.57 Å². The molecule has 0 bridgehead atoms. The van der Waals surface area contributed by atoms with E-state index in [1.54, 1.807) is 0 Å². The van der Waals surface area contributed by atoms with Gasteiger partial charge in [-0.25, -0.2) is 0 Å². The predicted molar refractivity (Wildman–Crippen MR) is 77.2 cm³/mol. The van der Waals surface area contributed by atoms with E-state index in [4.69, 9.17) is 12.0 Å². The van der Waals surface area contributed by atoms with E-state index in [-0.39, 0.29) is 0 Å². The van der Waals surface area contributed by atoms with Crippen molar-refractivity contribution in [3.05, 3.63) is 52.4 Å². The normalized spacial score (nSPS) is 10.3. The first-order valence-electron chi connectivity index (χ1n) is 5.78. The largest absolute Gasteiger partial charge is 0.344 e. The summed E-state index contributed by atoms with van der Waals surface area (Å²) in [4.78, 5) is 2.82. The number of fused-ring (bicyclic) bond motifs is 3. The van der Waals surface area contributed by atoms with Crippen molar-refractivity contribution in [3.63, 3.8) is 0 Å². The number of hydrogen-bond acceptors (Lipinski definition) is 1. The quantitative estimate of drug-likeness (QED) is 0.267. The van der Waals surface area contributed by atoms with Crippen molar-refractivity contribution in [2.24, 2.45) is 12.2 Å². The molecule has 0 amide bonds. The molecule has 0 aliphatic heterocycles. The second-order valence-electron chi connectivity index (χ2n) is 4.33. The van der Waals surface area contributed by atoms with Crippen LogP contribution in [0.3, 0.4) is 0 Å². The third-order valence-electron chi connectivity index (χ3n) is 3.32. The number of aromatic nitrogens is 1. The summed E-state index contributed by atoms with van der Waals surface area (Å²) in [5.41, 5.74) is 12.2. The van der Waals surface area contributed by atoms with Crippen LogP contribution in [0.4, 0.5) is 5.69 Å². The Balaban J connectivity index is 2.48. The van der Waals surface area contributed by atoms with Crippen molar-refractivity contribution in [3.8, 4) is 12.3 Å². The van der Waals surface area contributed by atoms with Crippen molar-refractivity contribution < 1.29 is 0 Å². The Kier molecular flexibility index (Phi) is 2.42. The highest BCUT2D eigenvalue weighted by Gasteiger charge is 2.08. The van der Waals surface area contributed by atoms with Crippen LogP contribution < -0.4 is 0 Å². The maximum atomic E-state index is 8.52. The number of azide groups is 1. The molecule has 1 heterocycles. The molecule has 3 aromatic rings. The van der Waals surface area contributed by atoms with Crippen molar-refractivity contribution in [2.45, 2.75) is 0 Å². The van der Waals surface area contributed by atoms with Gasteiger partial charge >= 0.3 is 0 Å². The number of hydrogen-bond donors (Lipinski definition) is 0. The molecule has 0 spiro atoms. The molecule has 0 aliphatic rings. The summed E-state index contributed by atoms with van der Waals surface area (Å²) < 4.78 is 2.10. The average molecular weight is 246 g/mol. The van der Waals surface area contributed by atoms with Gasteiger partial charge in [-0.05, 0) is 35.9 Å². The molecule has 1 aromatic heterocycles. The Hall–Kier alpha value is -2.89. The molecule has 0 unspecified atom stereocenters. The second-order valence-corrected chi connectivity index (χ2v) is 4.33. The van der Waals surface area contributed by atoms with E-state index in [1.165, 1.54) is 0 Å². The van der Waals surface area contributed by atoms with Gasteiger partial charge in [0.2, 0.25) is 0 Å². The van der Waals surface area contributed by atoms with Gasteiger partial charge < -0.3 is 4.57 Å². The first-order valence-corrected chi connectivity index (χ1v) is 5.78. The summed E-state index contributed by atoms with van der Waals surface area (Å²) in [6.07, 6.45) is 5.45. The monoisotopic (exact) mass is 246 g/mol. The summed E-state index contributed by atoms with van der Waals surface area (Å²) in [6.45, 7) is 0. The Bertz CT molecular complexity index is 890. The fraction of sp³-hybridized carbons (Fsp3) is 0.0667. The molecule has 0 saturated heterocycles. The van der Waals surface area contributed by atoms with Gasteiger partial charge in [-0.15, -0.1) is 6.42 Å². The lowest BCUT2D eigenvalue weighted by molar-refractivity contribution is 1.01. The summed E-state index contributed by atoms with van der Waals surface area (Å²) >= 11 is 0. The van der Waals surface area contributed by atoms with E-state index < -0.39 is 0 Å². The molecule has 0 fully saturated rings. The van der Waals surface area contributed by atoms with E-state index >= 15 is 0 Å². The fourth-order valence-electron chi connectivity index (χ4n) is 2.41.